The fraction of sp³-hybridized carbons (Fsp3) is 0.933. The Balaban J connectivity index is 1.63. The molecule has 0 bridgehead atoms. The van der Waals surface area contributed by atoms with E-state index in [0.717, 1.165) is 36.1 Å². The van der Waals surface area contributed by atoms with Crippen LogP contribution in [0.25, 0.3) is 0 Å². The van der Waals surface area contributed by atoms with Crippen molar-refractivity contribution in [2.24, 2.45) is 22.7 Å². The third kappa shape index (κ3) is 4.49. The number of nitrogens with zero attached hydrogens (tertiary/aromatic N) is 1. The van der Waals surface area contributed by atoms with E-state index in [2.05, 4.69) is 31.1 Å². The first-order chi connectivity index (χ1) is 8.63. The first-order valence-electron chi connectivity index (χ1n) is 7.58. The molecule has 0 radical (unpaired) electrons. The predicted octanol–water partition coefficient (Wildman–Crippen LogP) is 3.92. The Morgan fingerprint density at radius 2 is 2.00 bits per heavy atom. The van der Waals surface area contributed by atoms with Crippen LogP contribution in [0.1, 0.15) is 52.9 Å². The average molecular weight is 268 g/mol. The molecule has 1 saturated carbocycles. The summed E-state index contributed by atoms with van der Waals surface area (Å²) in [5, 5.41) is 5.51. The van der Waals surface area contributed by atoms with Crippen molar-refractivity contribution in [3.05, 3.63) is 0 Å². The van der Waals surface area contributed by atoms with Gasteiger partial charge in [0.15, 0.2) is 5.17 Å². The molecule has 0 spiro atoms. The highest BCUT2D eigenvalue weighted by Crippen LogP contribution is 2.29. The van der Waals surface area contributed by atoms with Gasteiger partial charge in [0.2, 0.25) is 0 Å². The first-order valence-corrected chi connectivity index (χ1v) is 8.46. The molecule has 1 fully saturated rings. The highest BCUT2D eigenvalue weighted by atomic mass is 32.2. The second-order valence-corrected chi connectivity index (χ2v) is 7.81. The quantitative estimate of drug-likeness (QED) is 0.835. The van der Waals surface area contributed by atoms with Gasteiger partial charge in [0.05, 0.1) is 6.54 Å². The molecule has 1 atom stereocenters. The maximum absolute atomic E-state index is 4.64. The molecule has 0 aromatic heterocycles. The number of hydrogen-bond acceptors (Lipinski definition) is 3. The van der Waals surface area contributed by atoms with Crippen molar-refractivity contribution in [3.8, 4) is 0 Å². The highest BCUT2D eigenvalue weighted by molar-refractivity contribution is 8.14. The number of thioether (sulfide) groups is 1. The molecule has 2 rings (SSSR count). The Morgan fingerprint density at radius 1 is 1.28 bits per heavy atom. The molecule has 3 heteroatoms. The lowest BCUT2D eigenvalue weighted by Gasteiger charge is -2.26. The summed E-state index contributed by atoms with van der Waals surface area (Å²) in [6, 6.07) is 0. The number of amidine groups is 1. The smallest absolute Gasteiger partial charge is 0.156 e. The van der Waals surface area contributed by atoms with E-state index in [9.17, 15) is 0 Å². The van der Waals surface area contributed by atoms with Crippen molar-refractivity contribution in [1.29, 1.82) is 0 Å². The van der Waals surface area contributed by atoms with Crippen LogP contribution in [0.2, 0.25) is 0 Å². The fourth-order valence-electron chi connectivity index (χ4n) is 2.93. The zero-order valence-electron chi connectivity index (χ0n) is 12.1. The van der Waals surface area contributed by atoms with Crippen LogP contribution >= 0.6 is 11.8 Å². The van der Waals surface area contributed by atoms with Crippen LogP contribution in [0.15, 0.2) is 4.99 Å². The molecule has 0 aromatic rings. The minimum atomic E-state index is 0.721. The van der Waals surface area contributed by atoms with Crippen LogP contribution < -0.4 is 5.32 Å². The van der Waals surface area contributed by atoms with Gasteiger partial charge in [-0.1, -0.05) is 45.4 Å². The van der Waals surface area contributed by atoms with E-state index in [1.807, 2.05) is 11.8 Å². The lowest BCUT2D eigenvalue weighted by atomic mass is 9.83. The summed E-state index contributed by atoms with van der Waals surface area (Å²) < 4.78 is 0. The second kappa shape index (κ2) is 6.83. The van der Waals surface area contributed by atoms with E-state index >= 15 is 0 Å². The first kappa shape index (κ1) is 14.2. The van der Waals surface area contributed by atoms with Gasteiger partial charge in [-0.15, -0.1) is 0 Å². The maximum atomic E-state index is 4.64. The van der Waals surface area contributed by atoms with Gasteiger partial charge < -0.3 is 5.32 Å². The van der Waals surface area contributed by atoms with Crippen LogP contribution in [0, 0.1) is 17.8 Å². The van der Waals surface area contributed by atoms with Gasteiger partial charge in [-0.3, -0.25) is 4.99 Å². The Morgan fingerprint density at radius 3 is 2.67 bits per heavy atom. The summed E-state index contributed by atoms with van der Waals surface area (Å²) in [7, 11) is 0. The van der Waals surface area contributed by atoms with Crippen molar-refractivity contribution >= 4 is 16.9 Å². The molecular formula is C15H28N2S. The van der Waals surface area contributed by atoms with Crippen LogP contribution in [0.4, 0.5) is 0 Å². The molecule has 104 valence electrons. The average Bonchev–Trinajstić information content (AvgIpc) is 2.75. The second-order valence-electron chi connectivity index (χ2n) is 6.52. The van der Waals surface area contributed by atoms with E-state index in [-0.39, 0.29) is 0 Å². The summed E-state index contributed by atoms with van der Waals surface area (Å²) in [6.45, 7) is 9.15. The monoisotopic (exact) mass is 268 g/mol. The molecule has 0 aromatic carbocycles. The summed E-state index contributed by atoms with van der Waals surface area (Å²) >= 11 is 1.97. The predicted molar refractivity (Wildman–Crippen MR) is 82.3 cm³/mol. The lowest BCUT2D eigenvalue weighted by molar-refractivity contribution is 0.290. The largest absolute Gasteiger partial charge is 0.365 e. The Hall–Kier alpha value is -0.180. The summed E-state index contributed by atoms with van der Waals surface area (Å²) in [4.78, 5) is 4.64. The summed E-state index contributed by atoms with van der Waals surface area (Å²) in [5.41, 5.74) is 0. The molecule has 18 heavy (non-hydrogen) atoms. The van der Waals surface area contributed by atoms with Gasteiger partial charge in [0.1, 0.15) is 0 Å². The van der Waals surface area contributed by atoms with Crippen molar-refractivity contribution in [3.63, 3.8) is 0 Å². The van der Waals surface area contributed by atoms with Crippen molar-refractivity contribution in [2.75, 3.05) is 13.1 Å². The Labute approximate surface area is 116 Å². The van der Waals surface area contributed by atoms with E-state index in [0.29, 0.717) is 0 Å². The van der Waals surface area contributed by atoms with Crippen molar-refractivity contribution in [1.82, 2.24) is 5.32 Å². The minimum Gasteiger partial charge on any atom is -0.365 e. The normalized spacial score (nSPS) is 32.7. The van der Waals surface area contributed by atoms with Crippen LogP contribution in [0.5, 0.6) is 0 Å². The molecule has 1 aliphatic heterocycles. The molecule has 1 unspecified atom stereocenters. The zero-order chi connectivity index (χ0) is 13.0. The van der Waals surface area contributed by atoms with Gasteiger partial charge >= 0.3 is 0 Å². The van der Waals surface area contributed by atoms with E-state index < -0.39 is 0 Å². The van der Waals surface area contributed by atoms with Gasteiger partial charge in [0, 0.05) is 11.8 Å². The van der Waals surface area contributed by atoms with Crippen LogP contribution in [-0.4, -0.2) is 23.5 Å². The standard InChI is InChI=1S/C15H28N2S/c1-11(2)8-14-10-17-15(18-14)16-9-13-6-4-12(3)5-7-13/h11-14H,4-10H2,1-3H3,(H,16,17). The molecule has 2 aliphatic rings. The number of hydrogen-bond donors (Lipinski definition) is 1. The number of nitrogens with one attached hydrogen (secondary N) is 1. The SMILES string of the molecule is CC(C)CC1CN=C(NCC2CCC(C)CC2)S1. The summed E-state index contributed by atoms with van der Waals surface area (Å²) in [5.74, 6) is 2.63. The van der Waals surface area contributed by atoms with Crippen LogP contribution in [-0.2, 0) is 0 Å². The molecule has 0 saturated heterocycles. The van der Waals surface area contributed by atoms with E-state index in [4.69, 9.17) is 0 Å². The molecule has 1 N–H and O–H groups in total. The number of aliphatic imine (C=N–C) groups is 1. The maximum Gasteiger partial charge on any atom is 0.156 e. The van der Waals surface area contributed by atoms with Gasteiger partial charge in [-0.2, -0.15) is 0 Å². The molecule has 0 amide bonds. The van der Waals surface area contributed by atoms with Crippen molar-refractivity contribution in [2.45, 2.75) is 58.1 Å². The van der Waals surface area contributed by atoms with Crippen LogP contribution in [0.3, 0.4) is 0 Å². The Bertz CT molecular complexity index is 280. The minimum absolute atomic E-state index is 0.721. The molecule has 2 nitrogen and oxygen atoms in total. The summed E-state index contributed by atoms with van der Waals surface area (Å²) in [6.07, 6.45) is 6.94. The molecule has 1 aliphatic carbocycles. The number of rotatable bonds is 4. The zero-order valence-corrected chi connectivity index (χ0v) is 12.9. The van der Waals surface area contributed by atoms with E-state index in [1.54, 1.807) is 0 Å². The van der Waals surface area contributed by atoms with E-state index in [1.165, 1.54) is 37.3 Å². The lowest BCUT2D eigenvalue weighted by Crippen LogP contribution is -2.29. The topological polar surface area (TPSA) is 24.4 Å². The Kier molecular flexibility index (Phi) is 5.40. The van der Waals surface area contributed by atoms with Gasteiger partial charge in [0.25, 0.3) is 0 Å². The van der Waals surface area contributed by atoms with Gasteiger partial charge in [-0.05, 0) is 37.0 Å². The molecular weight excluding hydrogens is 240 g/mol. The fourth-order valence-corrected chi connectivity index (χ4v) is 4.19. The highest BCUT2D eigenvalue weighted by Gasteiger charge is 2.22. The molecule has 1 heterocycles. The van der Waals surface area contributed by atoms with Crippen molar-refractivity contribution < 1.29 is 0 Å². The van der Waals surface area contributed by atoms with Gasteiger partial charge in [-0.25, -0.2) is 0 Å². The third-order valence-corrected chi connectivity index (χ3v) is 5.30. The third-order valence-electron chi connectivity index (χ3n) is 4.13.